The Morgan fingerprint density at radius 1 is 1.14 bits per heavy atom. The van der Waals surface area contributed by atoms with Crippen molar-refractivity contribution in [2.75, 3.05) is 11.1 Å². The van der Waals surface area contributed by atoms with Gasteiger partial charge in [0.1, 0.15) is 5.52 Å². The number of nitrogens with zero attached hydrogens (tertiary/aromatic N) is 5. The first-order valence-corrected chi connectivity index (χ1v) is 13.6. The number of hydrogen-bond donors (Lipinski definition) is 1. The summed E-state index contributed by atoms with van der Waals surface area (Å²) in [6.07, 6.45) is 4.08. The van der Waals surface area contributed by atoms with E-state index >= 15 is 0 Å². The lowest BCUT2D eigenvalue weighted by Gasteiger charge is -2.04. The minimum Gasteiger partial charge on any atom is -0.320 e. The molecule has 182 valence electrons. The van der Waals surface area contributed by atoms with Crippen LogP contribution in [0.2, 0.25) is 15.1 Å². The third-order valence-electron chi connectivity index (χ3n) is 5.23. The average Bonchev–Trinajstić information content (AvgIpc) is 3.42. The number of rotatable bonds is 8. The number of thiazole rings is 1. The van der Waals surface area contributed by atoms with Crippen LogP contribution in [0.5, 0.6) is 0 Å². The molecule has 2 aromatic carbocycles. The summed E-state index contributed by atoms with van der Waals surface area (Å²) in [5.41, 5.74) is 3.15. The number of amides is 1. The number of thioether (sulfide) groups is 1. The second kappa shape index (κ2) is 10.7. The predicted molar refractivity (Wildman–Crippen MR) is 149 cm³/mol. The predicted octanol–water partition coefficient (Wildman–Crippen LogP) is 6.90. The van der Waals surface area contributed by atoms with E-state index in [4.69, 9.17) is 34.8 Å². The molecule has 5 rings (SSSR count). The van der Waals surface area contributed by atoms with E-state index in [1.165, 1.54) is 23.1 Å². The Morgan fingerprint density at radius 2 is 1.94 bits per heavy atom. The van der Waals surface area contributed by atoms with Gasteiger partial charge >= 0.3 is 0 Å². The summed E-state index contributed by atoms with van der Waals surface area (Å²) in [6.45, 7) is 4.39. The van der Waals surface area contributed by atoms with Crippen molar-refractivity contribution in [3.8, 4) is 0 Å². The summed E-state index contributed by atoms with van der Waals surface area (Å²) < 4.78 is 2.00. The van der Waals surface area contributed by atoms with Gasteiger partial charge in [-0.25, -0.2) is 9.97 Å². The van der Waals surface area contributed by atoms with Crippen LogP contribution >= 0.6 is 57.9 Å². The van der Waals surface area contributed by atoms with Crippen molar-refractivity contribution in [1.29, 1.82) is 0 Å². The Bertz CT molecular complexity index is 1620. The summed E-state index contributed by atoms with van der Waals surface area (Å²) in [7, 11) is 0. The molecule has 0 fully saturated rings. The Hall–Kier alpha value is -2.69. The molecule has 0 aliphatic carbocycles. The molecule has 0 unspecified atom stereocenters. The average molecular weight is 576 g/mol. The van der Waals surface area contributed by atoms with Gasteiger partial charge in [-0.05, 0) is 42.0 Å². The maximum Gasteiger partial charge on any atom is 0.236 e. The maximum atomic E-state index is 12.6. The topological polar surface area (TPSA) is 85.6 Å². The monoisotopic (exact) mass is 574 g/mol. The molecule has 0 bridgehead atoms. The molecule has 1 N–H and O–H groups in total. The molecule has 0 atom stereocenters. The number of anilines is 1. The fourth-order valence-electron chi connectivity index (χ4n) is 3.69. The van der Waals surface area contributed by atoms with Gasteiger partial charge in [0.15, 0.2) is 10.8 Å². The van der Waals surface area contributed by atoms with E-state index in [2.05, 4.69) is 32.1 Å². The highest BCUT2D eigenvalue weighted by Crippen LogP contribution is 2.30. The number of aromatic nitrogens is 5. The first-order valence-electron chi connectivity index (χ1n) is 10.7. The van der Waals surface area contributed by atoms with Crippen LogP contribution in [0.25, 0.3) is 22.1 Å². The zero-order chi connectivity index (χ0) is 25.2. The number of benzene rings is 2. The van der Waals surface area contributed by atoms with Crippen molar-refractivity contribution in [2.45, 2.75) is 18.1 Å². The van der Waals surface area contributed by atoms with E-state index in [1.54, 1.807) is 24.4 Å². The molecule has 0 aliphatic heterocycles. The second-order valence-corrected chi connectivity index (χ2v) is 11.0. The van der Waals surface area contributed by atoms with E-state index in [1.807, 2.05) is 28.8 Å². The second-order valence-electron chi connectivity index (χ2n) is 7.71. The SMILES string of the molecule is C=CCn1c2ccc(Cl)cc2c2nnc(SCC(=O)Nc3ncc(Cc4cc(Cl)ccc4Cl)s3)nc21. The molecule has 0 saturated heterocycles. The number of nitrogens with one attached hydrogen (secondary N) is 1. The van der Waals surface area contributed by atoms with Gasteiger partial charge in [0.25, 0.3) is 0 Å². The van der Waals surface area contributed by atoms with E-state index in [0.717, 1.165) is 21.3 Å². The van der Waals surface area contributed by atoms with Crippen molar-refractivity contribution in [1.82, 2.24) is 24.7 Å². The quantitative estimate of drug-likeness (QED) is 0.160. The summed E-state index contributed by atoms with van der Waals surface area (Å²) in [4.78, 5) is 22.5. The largest absolute Gasteiger partial charge is 0.320 e. The van der Waals surface area contributed by atoms with E-state index in [0.29, 0.717) is 49.5 Å². The minimum absolute atomic E-state index is 0.107. The Balaban J connectivity index is 1.27. The first kappa shape index (κ1) is 25.0. The van der Waals surface area contributed by atoms with Crippen LogP contribution in [0.3, 0.4) is 0 Å². The van der Waals surface area contributed by atoms with E-state index in [-0.39, 0.29) is 11.7 Å². The minimum atomic E-state index is -0.219. The van der Waals surface area contributed by atoms with Crippen molar-refractivity contribution >= 4 is 91.0 Å². The van der Waals surface area contributed by atoms with Crippen LogP contribution in [-0.4, -0.2) is 36.4 Å². The molecule has 36 heavy (non-hydrogen) atoms. The van der Waals surface area contributed by atoms with Crippen LogP contribution in [0, 0.1) is 0 Å². The molecule has 1 amide bonds. The molecule has 5 aromatic rings. The molecule has 0 radical (unpaired) electrons. The van der Waals surface area contributed by atoms with Crippen molar-refractivity contribution in [3.63, 3.8) is 0 Å². The molecule has 0 saturated carbocycles. The third kappa shape index (κ3) is 5.35. The van der Waals surface area contributed by atoms with Crippen LogP contribution < -0.4 is 5.32 Å². The maximum absolute atomic E-state index is 12.6. The Labute approximate surface area is 229 Å². The van der Waals surface area contributed by atoms with Gasteiger partial charge in [0.2, 0.25) is 11.1 Å². The van der Waals surface area contributed by atoms with Gasteiger partial charge in [-0.3, -0.25) is 4.79 Å². The standard InChI is InChI=1S/C24H17Cl3N6OS2/c1-2-7-33-19-6-4-15(26)10-17(19)21-22(33)30-24(32-31-21)35-12-20(34)29-23-28-11-16(36-23)9-13-8-14(25)3-5-18(13)27/h2-6,8,10-11H,1,7,9,12H2,(H,28,29,34). The van der Waals surface area contributed by atoms with Crippen molar-refractivity contribution in [2.24, 2.45) is 0 Å². The highest BCUT2D eigenvalue weighted by molar-refractivity contribution is 7.99. The van der Waals surface area contributed by atoms with Gasteiger partial charge in [0, 0.05) is 44.5 Å². The molecule has 12 heteroatoms. The summed E-state index contributed by atoms with van der Waals surface area (Å²) in [5, 5.41) is 15.0. The Kier molecular flexibility index (Phi) is 7.45. The fraction of sp³-hybridized carbons (Fsp3) is 0.125. The van der Waals surface area contributed by atoms with Crippen LogP contribution in [0.1, 0.15) is 10.4 Å². The van der Waals surface area contributed by atoms with Gasteiger partial charge in [-0.2, -0.15) is 0 Å². The molecule has 0 spiro atoms. The van der Waals surface area contributed by atoms with E-state index < -0.39 is 0 Å². The normalized spacial score (nSPS) is 11.3. The van der Waals surface area contributed by atoms with Gasteiger partial charge in [0.05, 0.1) is 11.3 Å². The fourth-order valence-corrected chi connectivity index (χ4v) is 5.67. The van der Waals surface area contributed by atoms with Gasteiger partial charge in [-0.15, -0.1) is 28.1 Å². The van der Waals surface area contributed by atoms with Crippen LogP contribution in [0.15, 0.2) is 60.4 Å². The number of hydrogen-bond acceptors (Lipinski definition) is 7. The third-order valence-corrected chi connectivity index (χ3v) is 7.81. The Morgan fingerprint density at radius 3 is 2.78 bits per heavy atom. The van der Waals surface area contributed by atoms with Gasteiger partial charge < -0.3 is 9.88 Å². The molecule has 7 nitrogen and oxygen atoms in total. The lowest BCUT2D eigenvalue weighted by molar-refractivity contribution is -0.113. The smallest absolute Gasteiger partial charge is 0.236 e. The summed E-state index contributed by atoms with van der Waals surface area (Å²) in [5.74, 6) is -0.112. The number of fused-ring (bicyclic) bond motifs is 3. The molecular formula is C24H17Cl3N6OS2. The molecule has 3 aromatic heterocycles. The highest BCUT2D eigenvalue weighted by atomic mass is 35.5. The first-order chi connectivity index (χ1) is 17.4. The summed E-state index contributed by atoms with van der Waals surface area (Å²) >= 11 is 21.1. The van der Waals surface area contributed by atoms with Gasteiger partial charge in [-0.1, -0.05) is 52.6 Å². The summed E-state index contributed by atoms with van der Waals surface area (Å²) in [6, 6.07) is 10.9. The van der Waals surface area contributed by atoms with Crippen LogP contribution in [-0.2, 0) is 17.8 Å². The molecular weight excluding hydrogens is 559 g/mol. The number of allylic oxidation sites excluding steroid dienone is 1. The van der Waals surface area contributed by atoms with E-state index in [9.17, 15) is 4.79 Å². The number of carbonyl (C=O) groups is 1. The zero-order valence-corrected chi connectivity index (χ0v) is 22.4. The number of halogens is 3. The number of carbonyl (C=O) groups excluding carboxylic acids is 1. The molecule has 3 heterocycles. The zero-order valence-electron chi connectivity index (χ0n) is 18.5. The molecule has 0 aliphatic rings. The highest BCUT2D eigenvalue weighted by Gasteiger charge is 2.16. The van der Waals surface area contributed by atoms with Crippen molar-refractivity contribution in [3.05, 3.63) is 80.8 Å². The lowest BCUT2D eigenvalue weighted by Crippen LogP contribution is -2.14. The van der Waals surface area contributed by atoms with Crippen LogP contribution in [0.4, 0.5) is 5.13 Å². The lowest BCUT2D eigenvalue weighted by atomic mass is 10.1. The van der Waals surface area contributed by atoms with Crippen molar-refractivity contribution < 1.29 is 4.79 Å².